The minimum absolute atomic E-state index is 0.166. The van der Waals surface area contributed by atoms with Gasteiger partial charge < -0.3 is 25.4 Å². The molecule has 3 aliphatic rings. The van der Waals surface area contributed by atoms with Crippen LogP contribution >= 0.6 is 0 Å². The fourth-order valence-electron chi connectivity index (χ4n) is 4.62. The fraction of sp³-hybridized carbons (Fsp3) is 0.600. The Bertz CT molecular complexity index is 943. The molecule has 0 amide bonds. The maximum atomic E-state index is 6.06. The number of ether oxygens (including phenoxy) is 2. The molecule has 2 fully saturated rings. The maximum absolute atomic E-state index is 6.06. The van der Waals surface area contributed by atoms with Crippen LogP contribution in [-0.2, 0) is 9.47 Å². The van der Waals surface area contributed by atoms with Crippen molar-refractivity contribution in [1.29, 1.82) is 0 Å². The maximum Gasteiger partial charge on any atom is 0.220 e. The van der Waals surface area contributed by atoms with Gasteiger partial charge >= 0.3 is 0 Å². The molecule has 2 unspecified atom stereocenters. The predicted octanol–water partition coefficient (Wildman–Crippen LogP) is 1.74. The van der Waals surface area contributed by atoms with Crippen molar-refractivity contribution in [2.24, 2.45) is 0 Å². The highest BCUT2D eigenvalue weighted by atomic mass is 16.5. The summed E-state index contributed by atoms with van der Waals surface area (Å²) in [6.45, 7) is 9.92. The predicted molar refractivity (Wildman–Crippen MR) is 110 cm³/mol. The van der Waals surface area contributed by atoms with Gasteiger partial charge in [-0.15, -0.1) is 0 Å². The second-order valence-electron chi connectivity index (χ2n) is 8.43. The molecule has 3 aliphatic heterocycles. The Morgan fingerprint density at radius 1 is 1.17 bits per heavy atom. The molecular weight excluding hydrogens is 370 g/mol. The highest BCUT2D eigenvalue weighted by Gasteiger charge is 2.48. The number of nitrogens with one attached hydrogen (secondary N) is 1. The summed E-state index contributed by atoms with van der Waals surface area (Å²) < 4.78 is 11.6. The van der Waals surface area contributed by atoms with Crippen molar-refractivity contribution >= 4 is 17.5 Å². The van der Waals surface area contributed by atoms with E-state index in [1.165, 1.54) is 0 Å². The van der Waals surface area contributed by atoms with Crippen molar-refractivity contribution < 1.29 is 9.47 Å². The number of nitrogen functional groups attached to an aromatic ring is 1. The summed E-state index contributed by atoms with van der Waals surface area (Å²) in [6, 6.07) is 0.166. The lowest BCUT2D eigenvalue weighted by Crippen LogP contribution is -2.49. The van der Waals surface area contributed by atoms with E-state index in [0.717, 1.165) is 54.6 Å². The third kappa shape index (κ3) is 3.08. The van der Waals surface area contributed by atoms with Gasteiger partial charge in [0.25, 0.3) is 0 Å². The number of hydrogen-bond donors (Lipinski definition) is 2. The molecule has 9 heteroatoms. The average molecular weight is 397 g/mol. The standard InChI is InChI=1S/C20H27N7O2/c1-11-13(10-22-19(21)23-11)17-25-14-12-4-7-29-20(2,3)16(12)24-15(14)18(26-17)27-5-8-28-9-6-27/h10,12,16,24H,4-9H2,1-3H3,(H2,21,22,23). The number of nitrogens with two attached hydrogens (primary N) is 1. The zero-order chi connectivity index (χ0) is 20.2. The monoisotopic (exact) mass is 397 g/mol. The van der Waals surface area contributed by atoms with Gasteiger partial charge in [-0.25, -0.2) is 19.9 Å². The van der Waals surface area contributed by atoms with Crippen LogP contribution < -0.4 is 16.0 Å². The van der Waals surface area contributed by atoms with Gasteiger partial charge in [0.1, 0.15) is 5.69 Å². The molecule has 0 aliphatic carbocycles. The minimum atomic E-state index is -0.272. The summed E-state index contributed by atoms with van der Waals surface area (Å²) in [6.07, 6.45) is 2.65. The van der Waals surface area contributed by atoms with E-state index < -0.39 is 0 Å². The lowest BCUT2D eigenvalue weighted by molar-refractivity contribution is -0.0662. The van der Waals surface area contributed by atoms with Crippen LogP contribution in [0.25, 0.3) is 11.4 Å². The van der Waals surface area contributed by atoms with Gasteiger partial charge in [-0.1, -0.05) is 0 Å². The number of hydrogen-bond acceptors (Lipinski definition) is 9. The second kappa shape index (κ2) is 6.77. The van der Waals surface area contributed by atoms with Gasteiger partial charge in [-0.05, 0) is 27.2 Å². The molecule has 2 aromatic rings. The van der Waals surface area contributed by atoms with Gasteiger partial charge in [0.05, 0.1) is 41.8 Å². The number of anilines is 3. The number of morpholine rings is 1. The molecule has 0 spiro atoms. The Hall–Kier alpha value is -2.52. The Balaban J connectivity index is 1.66. The third-order valence-electron chi connectivity index (χ3n) is 6.17. The number of aromatic nitrogens is 4. The first-order chi connectivity index (χ1) is 13.9. The SMILES string of the molecule is Cc1nc(N)ncc1-c1nc2c(c(N3CCOCC3)n1)NC1C2CCOC1(C)C. The van der Waals surface area contributed by atoms with E-state index in [1.54, 1.807) is 6.20 Å². The van der Waals surface area contributed by atoms with Gasteiger partial charge in [0, 0.05) is 31.8 Å². The number of aryl methyl sites for hydroxylation is 1. The summed E-state index contributed by atoms with van der Waals surface area (Å²) in [4.78, 5) is 20.7. The van der Waals surface area contributed by atoms with Crippen LogP contribution in [0.15, 0.2) is 6.20 Å². The van der Waals surface area contributed by atoms with Crippen LogP contribution in [0, 0.1) is 6.92 Å². The third-order valence-corrected chi connectivity index (χ3v) is 6.17. The minimum Gasteiger partial charge on any atom is -0.378 e. The molecule has 5 rings (SSSR count). The van der Waals surface area contributed by atoms with Crippen molar-refractivity contribution in [3.8, 4) is 11.4 Å². The highest BCUT2D eigenvalue weighted by molar-refractivity contribution is 5.76. The largest absolute Gasteiger partial charge is 0.378 e. The van der Waals surface area contributed by atoms with E-state index in [9.17, 15) is 0 Å². The molecule has 0 saturated carbocycles. The molecule has 2 atom stereocenters. The zero-order valence-corrected chi connectivity index (χ0v) is 17.1. The van der Waals surface area contributed by atoms with Crippen LogP contribution in [0.1, 0.15) is 37.6 Å². The van der Waals surface area contributed by atoms with Crippen molar-refractivity contribution in [2.45, 2.75) is 44.8 Å². The topological polar surface area (TPSA) is 111 Å². The van der Waals surface area contributed by atoms with Gasteiger partial charge in [0.2, 0.25) is 5.95 Å². The first-order valence-electron chi connectivity index (χ1n) is 10.2. The molecule has 0 bridgehead atoms. The van der Waals surface area contributed by atoms with E-state index >= 15 is 0 Å². The first kappa shape index (κ1) is 18.5. The van der Waals surface area contributed by atoms with E-state index in [1.807, 2.05) is 6.92 Å². The molecule has 5 heterocycles. The van der Waals surface area contributed by atoms with Gasteiger partial charge in [0.15, 0.2) is 11.6 Å². The van der Waals surface area contributed by atoms with Crippen molar-refractivity contribution in [3.63, 3.8) is 0 Å². The zero-order valence-electron chi connectivity index (χ0n) is 17.1. The second-order valence-corrected chi connectivity index (χ2v) is 8.43. The molecule has 0 aromatic carbocycles. The van der Waals surface area contributed by atoms with Gasteiger partial charge in [-0.2, -0.15) is 0 Å². The lowest BCUT2D eigenvalue weighted by Gasteiger charge is -2.40. The Kier molecular flexibility index (Phi) is 4.32. The van der Waals surface area contributed by atoms with Crippen LogP contribution in [0.3, 0.4) is 0 Å². The van der Waals surface area contributed by atoms with E-state index in [-0.39, 0.29) is 23.5 Å². The Morgan fingerprint density at radius 2 is 1.97 bits per heavy atom. The molecule has 2 aromatic heterocycles. The summed E-state index contributed by atoms with van der Waals surface area (Å²) in [5, 5.41) is 3.71. The highest BCUT2D eigenvalue weighted by Crippen LogP contribution is 2.48. The van der Waals surface area contributed by atoms with E-state index in [4.69, 9.17) is 25.2 Å². The summed E-state index contributed by atoms with van der Waals surface area (Å²) in [5.74, 6) is 2.11. The summed E-state index contributed by atoms with van der Waals surface area (Å²) in [7, 11) is 0. The number of rotatable bonds is 2. The van der Waals surface area contributed by atoms with Crippen LogP contribution in [-0.4, -0.2) is 64.5 Å². The molecule has 154 valence electrons. The molecule has 2 saturated heterocycles. The molecule has 29 heavy (non-hydrogen) atoms. The number of nitrogens with zero attached hydrogens (tertiary/aromatic N) is 5. The molecule has 0 radical (unpaired) electrons. The van der Waals surface area contributed by atoms with Gasteiger partial charge in [-0.3, -0.25) is 0 Å². The van der Waals surface area contributed by atoms with Crippen LogP contribution in [0.2, 0.25) is 0 Å². The van der Waals surface area contributed by atoms with Crippen LogP contribution in [0.5, 0.6) is 0 Å². The van der Waals surface area contributed by atoms with Crippen molar-refractivity contribution in [1.82, 2.24) is 19.9 Å². The average Bonchev–Trinajstić information content (AvgIpc) is 3.08. The number of fused-ring (bicyclic) bond motifs is 3. The molecular formula is C20H27N7O2. The quantitative estimate of drug-likeness (QED) is 0.782. The van der Waals surface area contributed by atoms with Crippen molar-refractivity contribution in [3.05, 3.63) is 17.6 Å². The first-order valence-corrected chi connectivity index (χ1v) is 10.2. The van der Waals surface area contributed by atoms with Crippen molar-refractivity contribution in [2.75, 3.05) is 48.9 Å². The molecule has 3 N–H and O–H groups in total. The Morgan fingerprint density at radius 3 is 2.72 bits per heavy atom. The molecule has 9 nitrogen and oxygen atoms in total. The summed E-state index contributed by atoms with van der Waals surface area (Å²) >= 11 is 0. The summed E-state index contributed by atoms with van der Waals surface area (Å²) in [5.41, 5.74) is 9.16. The fourth-order valence-corrected chi connectivity index (χ4v) is 4.62. The van der Waals surface area contributed by atoms with Crippen LogP contribution in [0.4, 0.5) is 17.5 Å². The van der Waals surface area contributed by atoms with E-state index in [2.05, 4.69) is 34.0 Å². The lowest BCUT2D eigenvalue weighted by atomic mass is 9.83. The smallest absolute Gasteiger partial charge is 0.220 e. The normalized spacial score (nSPS) is 25.3. The Labute approximate surface area is 170 Å². The van der Waals surface area contributed by atoms with E-state index in [0.29, 0.717) is 19.0 Å².